The number of nitrogens with one attached hydrogen (secondary N) is 1. The third-order valence-corrected chi connectivity index (χ3v) is 4.85. The molecule has 2 heterocycles. The second-order valence-corrected chi connectivity index (χ2v) is 6.49. The van der Waals surface area contributed by atoms with Crippen LogP contribution in [0, 0.1) is 6.92 Å². The molecule has 3 aromatic rings. The first-order chi connectivity index (χ1) is 12.3. The smallest absolute Gasteiger partial charge is 0.126 e. The highest BCUT2D eigenvalue weighted by atomic mass is 16.5. The molecule has 25 heavy (non-hydrogen) atoms. The molecular weight excluding hydrogens is 314 g/mol. The normalized spacial score (nSPS) is 18.6. The van der Waals surface area contributed by atoms with E-state index in [1.165, 1.54) is 10.9 Å². The predicted molar refractivity (Wildman–Crippen MR) is 97.8 cm³/mol. The van der Waals surface area contributed by atoms with E-state index >= 15 is 0 Å². The van der Waals surface area contributed by atoms with Crippen LogP contribution in [-0.2, 0) is 11.3 Å². The number of rotatable bonds is 4. The van der Waals surface area contributed by atoms with E-state index in [4.69, 9.17) is 9.47 Å². The minimum atomic E-state index is 0.156. The highest BCUT2D eigenvalue weighted by molar-refractivity contribution is 5.91. The molecule has 1 fully saturated rings. The fourth-order valence-electron chi connectivity index (χ4n) is 3.55. The van der Waals surface area contributed by atoms with Gasteiger partial charge in [-0.1, -0.05) is 30.3 Å². The first-order valence-electron chi connectivity index (χ1n) is 8.64. The van der Waals surface area contributed by atoms with Gasteiger partial charge in [-0.05, 0) is 23.9 Å². The van der Waals surface area contributed by atoms with E-state index in [0.29, 0.717) is 6.61 Å². The Morgan fingerprint density at radius 1 is 1.24 bits per heavy atom. The number of aryl methyl sites for hydroxylation is 1. The number of aromatic amines is 1. The topological polar surface area (TPSA) is 50.4 Å². The van der Waals surface area contributed by atoms with Crippen LogP contribution < -0.4 is 4.74 Å². The van der Waals surface area contributed by atoms with E-state index in [1.54, 1.807) is 7.11 Å². The zero-order valence-electron chi connectivity index (χ0n) is 14.7. The number of nitrogens with zero attached hydrogens (tertiary/aromatic N) is 2. The molecule has 0 amide bonds. The van der Waals surface area contributed by atoms with Crippen LogP contribution >= 0.6 is 0 Å². The summed E-state index contributed by atoms with van der Waals surface area (Å²) in [4.78, 5) is 10.3. The number of benzene rings is 2. The Bertz CT molecular complexity index is 874. The molecule has 0 radical (unpaired) electrons. The number of imidazole rings is 1. The number of morpholine rings is 1. The Kier molecular flexibility index (Phi) is 4.42. The maximum atomic E-state index is 5.72. The molecule has 1 unspecified atom stereocenters. The second kappa shape index (κ2) is 6.86. The van der Waals surface area contributed by atoms with Gasteiger partial charge in [0.15, 0.2) is 0 Å². The van der Waals surface area contributed by atoms with E-state index in [0.717, 1.165) is 42.4 Å². The Morgan fingerprint density at radius 2 is 2.08 bits per heavy atom. The van der Waals surface area contributed by atoms with Gasteiger partial charge in [-0.25, -0.2) is 4.98 Å². The van der Waals surface area contributed by atoms with Gasteiger partial charge in [-0.3, -0.25) is 4.90 Å². The first-order valence-corrected chi connectivity index (χ1v) is 8.64. The Labute approximate surface area is 147 Å². The molecule has 1 N–H and O–H groups in total. The van der Waals surface area contributed by atoms with Gasteiger partial charge in [0.2, 0.25) is 0 Å². The molecule has 5 nitrogen and oxygen atoms in total. The highest BCUT2D eigenvalue weighted by Crippen LogP contribution is 2.31. The first kappa shape index (κ1) is 16.1. The molecule has 0 bridgehead atoms. The standard InChI is InChI=1S/C20H23N3O2/c1-14-11-21-20(22-14)18-13-25-10-9-23(18)12-15-7-8-19(24-2)17-6-4-3-5-16(15)17/h3-8,11,18H,9-10,12-13H2,1-2H3,(H,21,22). The van der Waals surface area contributed by atoms with Crippen molar-refractivity contribution in [3.05, 3.63) is 59.7 Å². The van der Waals surface area contributed by atoms with E-state index in [2.05, 4.69) is 51.3 Å². The summed E-state index contributed by atoms with van der Waals surface area (Å²) in [5.41, 5.74) is 2.38. The molecule has 1 aromatic heterocycles. The number of fused-ring (bicyclic) bond motifs is 1. The Balaban J connectivity index is 1.67. The molecule has 5 heteroatoms. The van der Waals surface area contributed by atoms with Gasteiger partial charge < -0.3 is 14.5 Å². The van der Waals surface area contributed by atoms with Crippen molar-refractivity contribution in [3.63, 3.8) is 0 Å². The summed E-state index contributed by atoms with van der Waals surface area (Å²) >= 11 is 0. The van der Waals surface area contributed by atoms with Crippen LogP contribution in [0.4, 0.5) is 0 Å². The molecule has 1 saturated heterocycles. The minimum Gasteiger partial charge on any atom is -0.496 e. The number of H-pyrrole nitrogens is 1. The average Bonchev–Trinajstić information content (AvgIpc) is 3.09. The third-order valence-electron chi connectivity index (χ3n) is 4.85. The Hall–Kier alpha value is -2.37. The predicted octanol–water partition coefficient (Wildman–Crippen LogP) is 3.45. The van der Waals surface area contributed by atoms with E-state index < -0.39 is 0 Å². The van der Waals surface area contributed by atoms with Crippen molar-refractivity contribution in [3.8, 4) is 5.75 Å². The second-order valence-electron chi connectivity index (χ2n) is 6.49. The van der Waals surface area contributed by atoms with Gasteiger partial charge in [0.25, 0.3) is 0 Å². The van der Waals surface area contributed by atoms with Gasteiger partial charge >= 0.3 is 0 Å². The monoisotopic (exact) mass is 337 g/mol. The average molecular weight is 337 g/mol. The summed E-state index contributed by atoms with van der Waals surface area (Å²) < 4.78 is 11.2. The largest absolute Gasteiger partial charge is 0.496 e. The number of hydrogen-bond acceptors (Lipinski definition) is 4. The van der Waals surface area contributed by atoms with E-state index in [1.807, 2.05) is 13.1 Å². The summed E-state index contributed by atoms with van der Waals surface area (Å²) in [6.07, 6.45) is 1.88. The van der Waals surface area contributed by atoms with Gasteiger partial charge in [0.05, 0.1) is 26.4 Å². The van der Waals surface area contributed by atoms with Crippen LogP contribution in [0.15, 0.2) is 42.6 Å². The Morgan fingerprint density at radius 3 is 2.84 bits per heavy atom. The summed E-state index contributed by atoms with van der Waals surface area (Å²) in [5.74, 6) is 1.90. The molecule has 1 atom stereocenters. The summed E-state index contributed by atoms with van der Waals surface area (Å²) in [6, 6.07) is 12.8. The van der Waals surface area contributed by atoms with Crippen molar-refractivity contribution in [1.82, 2.24) is 14.9 Å². The van der Waals surface area contributed by atoms with E-state index in [9.17, 15) is 0 Å². The van der Waals surface area contributed by atoms with Gasteiger partial charge in [-0.15, -0.1) is 0 Å². The number of ether oxygens (including phenoxy) is 2. The molecule has 130 valence electrons. The zero-order chi connectivity index (χ0) is 17.2. The van der Waals surface area contributed by atoms with Crippen LogP contribution in [-0.4, -0.2) is 41.7 Å². The zero-order valence-corrected chi connectivity index (χ0v) is 14.7. The summed E-state index contributed by atoms with van der Waals surface area (Å²) in [5, 5.41) is 2.39. The minimum absolute atomic E-state index is 0.156. The van der Waals surface area contributed by atoms with Crippen LogP contribution in [0.3, 0.4) is 0 Å². The summed E-state index contributed by atoms with van der Waals surface area (Å²) in [7, 11) is 1.72. The SMILES string of the molecule is COc1ccc(CN2CCOCC2c2ncc(C)[nH]2)c2ccccc12. The van der Waals surface area contributed by atoms with Crippen LogP contribution in [0.2, 0.25) is 0 Å². The lowest BCUT2D eigenvalue weighted by Crippen LogP contribution is -2.39. The van der Waals surface area contributed by atoms with Gasteiger partial charge in [-0.2, -0.15) is 0 Å². The number of hydrogen-bond donors (Lipinski definition) is 1. The van der Waals surface area contributed by atoms with Gasteiger partial charge in [0, 0.05) is 30.4 Å². The lowest BCUT2D eigenvalue weighted by atomic mass is 10.0. The number of aromatic nitrogens is 2. The molecule has 0 aliphatic carbocycles. The van der Waals surface area contributed by atoms with Gasteiger partial charge in [0.1, 0.15) is 11.6 Å². The third kappa shape index (κ3) is 3.13. The summed E-state index contributed by atoms with van der Waals surface area (Å²) in [6.45, 7) is 5.20. The fourth-order valence-corrected chi connectivity index (χ4v) is 3.55. The van der Waals surface area contributed by atoms with Crippen molar-refractivity contribution in [2.75, 3.05) is 26.9 Å². The molecule has 1 aliphatic rings. The van der Waals surface area contributed by atoms with Crippen molar-refractivity contribution >= 4 is 10.8 Å². The molecule has 0 saturated carbocycles. The molecule has 1 aliphatic heterocycles. The molecular formula is C20H23N3O2. The van der Waals surface area contributed by atoms with Crippen molar-refractivity contribution in [2.45, 2.75) is 19.5 Å². The molecule has 4 rings (SSSR count). The maximum Gasteiger partial charge on any atom is 0.126 e. The number of methoxy groups -OCH3 is 1. The fraction of sp³-hybridized carbons (Fsp3) is 0.350. The van der Waals surface area contributed by atoms with Crippen molar-refractivity contribution in [1.29, 1.82) is 0 Å². The lowest BCUT2D eigenvalue weighted by molar-refractivity contribution is -0.0154. The molecule has 2 aromatic carbocycles. The molecule has 0 spiro atoms. The maximum absolute atomic E-state index is 5.72. The van der Waals surface area contributed by atoms with E-state index in [-0.39, 0.29) is 6.04 Å². The van der Waals surface area contributed by atoms with Crippen molar-refractivity contribution in [2.24, 2.45) is 0 Å². The van der Waals surface area contributed by atoms with Crippen LogP contribution in [0.25, 0.3) is 10.8 Å². The lowest BCUT2D eigenvalue weighted by Gasteiger charge is -2.34. The quantitative estimate of drug-likeness (QED) is 0.792. The highest BCUT2D eigenvalue weighted by Gasteiger charge is 2.27. The van der Waals surface area contributed by atoms with Crippen molar-refractivity contribution < 1.29 is 9.47 Å². The van der Waals surface area contributed by atoms with Crippen LogP contribution in [0.1, 0.15) is 23.1 Å². The van der Waals surface area contributed by atoms with Crippen LogP contribution in [0.5, 0.6) is 5.75 Å².